The van der Waals surface area contributed by atoms with Gasteiger partial charge in [-0.25, -0.2) is 9.67 Å². The summed E-state index contributed by atoms with van der Waals surface area (Å²) < 4.78 is 3.33. The van der Waals surface area contributed by atoms with E-state index in [1.54, 1.807) is 11.6 Å². The van der Waals surface area contributed by atoms with Crippen LogP contribution in [0, 0.1) is 0 Å². The van der Waals surface area contributed by atoms with Crippen molar-refractivity contribution in [2.45, 2.75) is 34.4 Å². The highest BCUT2D eigenvalue weighted by Gasteiger charge is 2.17. The van der Waals surface area contributed by atoms with Crippen LogP contribution in [0.2, 0.25) is 0 Å². The molecule has 3 aromatic rings. The molecule has 0 atom stereocenters. The molecule has 22 heavy (non-hydrogen) atoms. The number of aldehydes is 1. The van der Waals surface area contributed by atoms with E-state index in [4.69, 9.17) is 5.11 Å². The van der Waals surface area contributed by atoms with Gasteiger partial charge < -0.3 is 9.67 Å². The third kappa shape index (κ3) is 2.79. The van der Waals surface area contributed by atoms with Gasteiger partial charge in [0.1, 0.15) is 12.2 Å². The first-order valence-electron chi connectivity index (χ1n) is 7.08. The third-order valence-electron chi connectivity index (χ3n) is 2.78. The Morgan fingerprint density at radius 2 is 1.95 bits per heavy atom. The minimum atomic E-state index is -0.472. The van der Waals surface area contributed by atoms with Crippen LogP contribution in [0.1, 0.15) is 37.5 Å². The Morgan fingerprint density at radius 3 is 2.50 bits per heavy atom. The number of thiazole rings is 1. The summed E-state index contributed by atoms with van der Waals surface area (Å²) in [6, 6.07) is 0. The molecule has 0 radical (unpaired) electrons. The van der Waals surface area contributed by atoms with Crippen LogP contribution in [0.15, 0.2) is 11.0 Å². The monoisotopic (exact) mass is 324 g/mol. The first kappa shape index (κ1) is 18.0. The average molecular weight is 324 g/mol. The second kappa shape index (κ2) is 7.81. The Morgan fingerprint density at radius 1 is 1.32 bits per heavy atom. The molecule has 0 amide bonds. The number of rotatable bonds is 2. The van der Waals surface area contributed by atoms with E-state index >= 15 is 0 Å². The summed E-state index contributed by atoms with van der Waals surface area (Å²) in [7, 11) is 1.70. The van der Waals surface area contributed by atoms with E-state index in [0.717, 1.165) is 9.38 Å². The SMILES string of the molecule is CC.CC.Cn1c2nc(C=O)sc2c2cnn(CO)c(=O)c21. The number of aryl methyl sites for hydroxylation is 1. The molecule has 0 aliphatic heterocycles. The Bertz CT molecular complexity index is 832. The Balaban J connectivity index is 0.000000561. The molecule has 3 heterocycles. The van der Waals surface area contributed by atoms with Crippen molar-refractivity contribution < 1.29 is 9.90 Å². The number of hydrogen-bond donors (Lipinski definition) is 1. The smallest absolute Gasteiger partial charge is 0.293 e. The van der Waals surface area contributed by atoms with Crippen molar-refractivity contribution in [3.05, 3.63) is 21.6 Å². The van der Waals surface area contributed by atoms with Gasteiger partial charge in [0.2, 0.25) is 0 Å². The molecule has 0 fully saturated rings. The van der Waals surface area contributed by atoms with Crippen molar-refractivity contribution >= 4 is 38.9 Å². The molecule has 3 rings (SSSR count). The van der Waals surface area contributed by atoms with Gasteiger partial charge in [-0.1, -0.05) is 27.7 Å². The molecule has 0 saturated heterocycles. The van der Waals surface area contributed by atoms with Crippen LogP contribution in [0.4, 0.5) is 0 Å². The molecular formula is C14H20N4O3S. The van der Waals surface area contributed by atoms with Gasteiger partial charge in [-0.3, -0.25) is 9.59 Å². The number of aromatic nitrogens is 4. The molecular weight excluding hydrogens is 304 g/mol. The second-order valence-corrected chi connectivity index (χ2v) is 4.77. The summed E-state index contributed by atoms with van der Waals surface area (Å²) in [5.74, 6) is 0. The van der Waals surface area contributed by atoms with Gasteiger partial charge in [0.05, 0.1) is 10.9 Å². The van der Waals surface area contributed by atoms with Crippen LogP contribution in [-0.2, 0) is 13.8 Å². The predicted octanol–water partition coefficient (Wildman–Crippen LogP) is 2.16. The molecule has 0 aliphatic rings. The van der Waals surface area contributed by atoms with E-state index in [1.807, 2.05) is 27.7 Å². The molecule has 0 saturated carbocycles. The Hall–Kier alpha value is -2.06. The van der Waals surface area contributed by atoms with E-state index in [2.05, 4.69) is 10.1 Å². The molecule has 0 aliphatic carbocycles. The first-order valence-corrected chi connectivity index (χ1v) is 7.90. The maximum Gasteiger partial charge on any atom is 0.293 e. The highest BCUT2D eigenvalue weighted by atomic mass is 32.1. The lowest BCUT2D eigenvalue weighted by molar-refractivity contribution is 0.112. The average Bonchev–Trinajstić information content (AvgIpc) is 3.11. The number of carbonyl (C=O) groups is 1. The largest absolute Gasteiger partial charge is 0.374 e. The molecule has 8 heteroatoms. The first-order chi connectivity index (χ1) is 10.7. The Labute approximate surface area is 131 Å². The normalized spacial score (nSPS) is 9.91. The van der Waals surface area contributed by atoms with Crippen LogP contribution in [-0.4, -0.2) is 30.7 Å². The van der Waals surface area contributed by atoms with Crippen LogP contribution in [0.3, 0.4) is 0 Å². The molecule has 0 aromatic carbocycles. The van der Waals surface area contributed by atoms with Crippen molar-refractivity contribution in [1.82, 2.24) is 19.3 Å². The number of aliphatic hydroxyl groups excluding tert-OH is 1. The molecule has 3 aromatic heterocycles. The molecule has 0 spiro atoms. The predicted molar refractivity (Wildman–Crippen MR) is 88.5 cm³/mol. The lowest BCUT2D eigenvalue weighted by Gasteiger charge is -2.00. The van der Waals surface area contributed by atoms with Gasteiger partial charge in [0, 0.05) is 12.4 Å². The number of fused-ring (bicyclic) bond motifs is 3. The summed E-state index contributed by atoms with van der Waals surface area (Å²) in [6.07, 6.45) is 2.18. The third-order valence-corrected chi connectivity index (χ3v) is 3.78. The van der Waals surface area contributed by atoms with Crippen molar-refractivity contribution in [3.63, 3.8) is 0 Å². The quantitative estimate of drug-likeness (QED) is 0.730. The van der Waals surface area contributed by atoms with Gasteiger partial charge in [-0.15, -0.1) is 11.3 Å². The minimum Gasteiger partial charge on any atom is -0.374 e. The fraction of sp³-hybridized carbons (Fsp3) is 0.429. The second-order valence-electron chi connectivity index (χ2n) is 3.73. The number of aliphatic hydroxyl groups is 1. The lowest BCUT2D eigenvalue weighted by Crippen LogP contribution is -2.23. The highest BCUT2D eigenvalue weighted by molar-refractivity contribution is 7.21. The van der Waals surface area contributed by atoms with E-state index in [9.17, 15) is 9.59 Å². The van der Waals surface area contributed by atoms with Gasteiger partial charge in [-0.05, 0) is 0 Å². The van der Waals surface area contributed by atoms with Gasteiger partial charge in [0.25, 0.3) is 5.56 Å². The summed E-state index contributed by atoms with van der Waals surface area (Å²) in [5.41, 5.74) is 0.618. The van der Waals surface area contributed by atoms with Crippen LogP contribution >= 0.6 is 11.3 Å². The topological polar surface area (TPSA) is 90.0 Å². The maximum absolute atomic E-state index is 12.0. The number of carbonyl (C=O) groups excluding carboxylic acids is 1. The van der Waals surface area contributed by atoms with Crippen molar-refractivity contribution in [2.24, 2.45) is 7.05 Å². The highest BCUT2D eigenvalue weighted by Crippen LogP contribution is 2.29. The zero-order valence-electron chi connectivity index (χ0n) is 13.3. The minimum absolute atomic E-state index is 0.365. The zero-order chi connectivity index (χ0) is 16.9. The van der Waals surface area contributed by atoms with E-state index in [0.29, 0.717) is 27.8 Å². The Kier molecular flexibility index (Phi) is 6.39. The van der Waals surface area contributed by atoms with E-state index in [1.165, 1.54) is 17.5 Å². The van der Waals surface area contributed by atoms with Gasteiger partial charge >= 0.3 is 0 Å². The maximum atomic E-state index is 12.0. The molecule has 0 unspecified atom stereocenters. The number of hydrogen-bond acceptors (Lipinski definition) is 6. The zero-order valence-corrected chi connectivity index (χ0v) is 14.1. The number of nitrogens with zero attached hydrogens (tertiary/aromatic N) is 4. The fourth-order valence-electron chi connectivity index (χ4n) is 1.96. The fourth-order valence-corrected chi connectivity index (χ4v) is 2.88. The van der Waals surface area contributed by atoms with Crippen molar-refractivity contribution in [2.75, 3.05) is 0 Å². The van der Waals surface area contributed by atoms with Crippen molar-refractivity contribution in [3.8, 4) is 0 Å². The van der Waals surface area contributed by atoms with E-state index < -0.39 is 6.73 Å². The summed E-state index contributed by atoms with van der Waals surface area (Å²) >= 11 is 1.22. The summed E-state index contributed by atoms with van der Waals surface area (Å²) in [6.45, 7) is 7.53. The van der Waals surface area contributed by atoms with E-state index in [-0.39, 0.29) is 5.56 Å². The van der Waals surface area contributed by atoms with Gasteiger partial charge in [0.15, 0.2) is 16.9 Å². The standard InChI is InChI=1S/C10H8N4O3S.2C2H6/c1-13-7-5(2-11-14(4-16)10(7)17)8-9(13)12-6(3-15)18-8;2*1-2/h2-3,16H,4H2,1H3;2*1-2H3. The van der Waals surface area contributed by atoms with Crippen LogP contribution in [0.25, 0.3) is 21.3 Å². The lowest BCUT2D eigenvalue weighted by atomic mass is 10.4. The summed E-state index contributed by atoms with van der Waals surface area (Å²) in [4.78, 5) is 26.9. The van der Waals surface area contributed by atoms with Gasteiger partial charge in [-0.2, -0.15) is 5.10 Å². The molecule has 120 valence electrons. The summed E-state index contributed by atoms with van der Waals surface area (Å²) in [5, 5.41) is 13.9. The van der Waals surface area contributed by atoms with Crippen LogP contribution < -0.4 is 5.56 Å². The van der Waals surface area contributed by atoms with Crippen molar-refractivity contribution in [1.29, 1.82) is 0 Å². The molecule has 0 bridgehead atoms. The van der Waals surface area contributed by atoms with Crippen LogP contribution in [0.5, 0.6) is 0 Å². The molecule has 1 N–H and O–H groups in total. The molecule has 7 nitrogen and oxygen atoms in total.